The zero-order valence-electron chi connectivity index (χ0n) is 26.0. The van der Waals surface area contributed by atoms with E-state index in [-0.39, 0.29) is 6.10 Å². The molecule has 0 aliphatic rings. The van der Waals surface area contributed by atoms with Gasteiger partial charge in [-0.3, -0.25) is 0 Å². The molecule has 0 N–H and O–H groups in total. The van der Waals surface area contributed by atoms with Gasteiger partial charge in [0.1, 0.15) is 0 Å². The Bertz CT molecular complexity index is 794. The molecule has 5 heteroatoms. The van der Waals surface area contributed by atoms with Crippen LogP contribution in [0.25, 0.3) is 0 Å². The van der Waals surface area contributed by atoms with Crippen LogP contribution in [0.2, 0.25) is 33.0 Å². The summed E-state index contributed by atoms with van der Waals surface area (Å²) in [5, 5.41) is 1.27. The van der Waals surface area contributed by atoms with Crippen molar-refractivity contribution in [2.24, 2.45) is 4.99 Å². The van der Waals surface area contributed by atoms with Crippen molar-refractivity contribution in [1.82, 2.24) is 0 Å². The third-order valence-electron chi connectivity index (χ3n) is 7.75. The maximum atomic E-state index is 6.29. The Kier molecular flexibility index (Phi) is 18.8. The molecule has 0 radical (unpaired) electrons. The normalized spacial score (nSPS) is 13.8. The van der Waals surface area contributed by atoms with Crippen molar-refractivity contribution >= 4 is 32.7 Å². The second-order valence-electron chi connectivity index (χ2n) is 12.1. The third-order valence-corrected chi connectivity index (χ3v) is 24.5. The SMILES string of the molecule is C=C(C(CCC(=C/C)/C=N/[CH2][Sn]([CH2]CCC)([CH2]CCC)[CH2]CCC)OCOCc1ccccc1)[Si](C)(C)C. The summed E-state index contributed by atoms with van der Waals surface area (Å²) in [4.78, 5) is 5.18. The number of allylic oxidation sites excluding steroid dienone is 2. The van der Waals surface area contributed by atoms with Gasteiger partial charge < -0.3 is 0 Å². The minimum absolute atomic E-state index is 0.0257. The van der Waals surface area contributed by atoms with E-state index in [9.17, 15) is 0 Å². The Morgan fingerprint density at radius 2 is 1.55 bits per heavy atom. The average molecular weight is 649 g/mol. The predicted molar refractivity (Wildman–Crippen MR) is 175 cm³/mol. The van der Waals surface area contributed by atoms with E-state index in [1.165, 1.54) is 72.7 Å². The van der Waals surface area contributed by atoms with Gasteiger partial charge in [-0.1, -0.05) is 30.3 Å². The molecule has 1 aromatic rings. The summed E-state index contributed by atoms with van der Waals surface area (Å²) in [6.45, 7) is 21.6. The monoisotopic (exact) mass is 649 g/mol. The molecule has 0 heterocycles. The molecule has 1 aromatic carbocycles. The molecule has 38 heavy (non-hydrogen) atoms. The van der Waals surface area contributed by atoms with Crippen molar-refractivity contribution in [2.45, 2.75) is 125 Å². The Morgan fingerprint density at radius 3 is 2.05 bits per heavy atom. The predicted octanol–water partition coefficient (Wildman–Crippen LogP) is 10.2. The molecular formula is C33H59NO2SiSn. The number of unbranched alkanes of at least 4 members (excludes halogenated alkanes) is 3. The van der Waals surface area contributed by atoms with E-state index >= 15 is 0 Å². The number of rotatable bonds is 22. The van der Waals surface area contributed by atoms with Crippen molar-refractivity contribution in [3.63, 3.8) is 0 Å². The number of nitrogens with zero attached hydrogens (tertiary/aromatic N) is 1. The molecule has 1 unspecified atom stereocenters. The summed E-state index contributed by atoms with van der Waals surface area (Å²) < 4.78 is 17.9. The molecule has 0 saturated carbocycles. The van der Waals surface area contributed by atoms with Gasteiger partial charge in [-0.2, -0.15) is 0 Å². The zero-order valence-corrected chi connectivity index (χ0v) is 29.8. The van der Waals surface area contributed by atoms with Crippen molar-refractivity contribution in [3.05, 3.63) is 59.3 Å². The van der Waals surface area contributed by atoms with Crippen LogP contribution < -0.4 is 0 Å². The van der Waals surface area contributed by atoms with E-state index in [1.54, 1.807) is 0 Å². The molecule has 3 nitrogen and oxygen atoms in total. The van der Waals surface area contributed by atoms with Crippen LogP contribution in [0.5, 0.6) is 0 Å². The van der Waals surface area contributed by atoms with E-state index in [4.69, 9.17) is 14.5 Å². The maximum absolute atomic E-state index is 6.29. The Balaban J connectivity index is 2.79. The van der Waals surface area contributed by atoms with E-state index in [0.29, 0.717) is 13.4 Å². The van der Waals surface area contributed by atoms with Gasteiger partial charge in [0.15, 0.2) is 0 Å². The first kappa shape index (κ1) is 35.3. The molecule has 216 valence electrons. The van der Waals surface area contributed by atoms with Crippen molar-refractivity contribution in [2.75, 3.05) is 11.4 Å². The van der Waals surface area contributed by atoms with E-state index < -0.39 is 26.5 Å². The van der Waals surface area contributed by atoms with Gasteiger partial charge in [-0.15, -0.1) is 0 Å². The Labute approximate surface area is 241 Å². The molecule has 0 aliphatic carbocycles. The van der Waals surface area contributed by atoms with Crippen molar-refractivity contribution in [3.8, 4) is 0 Å². The fourth-order valence-electron chi connectivity index (χ4n) is 4.91. The van der Waals surface area contributed by atoms with Gasteiger partial charge >= 0.3 is 212 Å². The fourth-order valence-corrected chi connectivity index (χ4v) is 20.4. The molecule has 0 spiro atoms. The van der Waals surface area contributed by atoms with E-state index in [1.807, 2.05) is 18.2 Å². The van der Waals surface area contributed by atoms with Gasteiger partial charge in [-0.25, -0.2) is 0 Å². The summed E-state index contributed by atoms with van der Waals surface area (Å²) >= 11 is -2.23. The van der Waals surface area contributed by atoms with Crippen LogP contribution in [0.3, 0.4) is 0 Å². The average Bonchev–Trinajstić information content (AvgIpc) is 2.91. The van der Waals surface area contributed by atoms with Crippen LogP contribution >= 0.6 is 0 Å². The molecule has 0 saturated heterocycles. The van der Waals surface area contributed by atoms with Gasteiger partial charge in [0.2, 0.25) is 0 Å². The summed E-state index contributed by atoms with van der Waals surface area (Å²) in [5.41, 5.74) is 2.50. The fraction of sp³-hybridized carbons (Fsp3) is 0.667. The summed E-state index contributed by atoms with van der Waals surface area (Å²) in [6.07, 6.45) is 14.5. The number of aliphatic imine (C=N–C) groups is 1. The quantitative estimate of drug-likeness (QED) is 0.0542. The Hall–Kier alpha value is -0.694. The molecule has 0 bridgehead atoms. The second-order valence-corrected chi connectivity index (χ2v) is 31.0. The molecular weight excluding hydrogens is 589 g/mol. The molecule has 0 fully saturated rings. The van der Waals surface area contributed by atoms with Crippen LogP contribution in [0.1, 0.15) is 84.6 Å². The molecule has 1 rings (SSSR count). The molecule has 0 aliphatic heterocycles. The van der Waals surface area contributed by atoms with Crippen LogP contribution in [-0.4, -0.2) is 50.1 Å². The van der Waals surface area contributed by atoms with Crippen molar-refractivity contribution in [1.29, 1.82) is 0 Å². The van der Waals surface area contributed by atoms with Crippen LogP contribution in [0, 0.1) is 0 Å². The van der Waals surface area contributed by atoms with Crippen molar-refractivity contribution < 1.29 is 9.47 Å². The topological polar surface area (TPSA) is 30.8 Å². The van der Waals surface area contributed by atoms with Crippen LogP contribution in [-0.2, 0) is 16.1 Å². The van der Waals surface area contributed by atoms with E-state index in [2.05, 4.69) is 78.3 Å². The Morgan fingerprint density at radius 1 is 0.974 bits per heavy atom. The molecule has 0 aromatic heterocycles. The number of hydrogen-bond acceptors (Lipinski definition) is 3. The van der Waals surface area contributed by atoms with Crippen LogP contribution in [0.15, 0.2) is 58.7 Å². The minimum atomic E-state index is -2.23. The van der Waals surface area contributed by atoms with E-state index in [0.717, 1.165) is 12.8 Å². The van der Waals surface area contributed by atoms with Gasteiger partial charge in [0.05, 0.1) is 0 Å². The summed E-state index contributed by atoms with van der Waals surface area (Å²) in [5.74, 6) is 0. The first-order valence-electron chi connectivity index (χ1n) is 15.3. The molecule has 1 atom stereocenters. The molecule has 0 amide bonds. The third kappa shape index (κ3) is 14.6. The zero-order chi connectivity index (χ0) is 28.3. The second kappa shape index (κ2) is 20.2. The van der Waals surface area contributed by atoms with Gasteiger partial charge in [-0.05, 0) is 0 Å². The number of hydrogen-bond donors (Lipinski definition) is 0. The van der Waals surface area contributed by atoms with Gasteiger partial charge in [0, 0.05) is 0 Å². The standard InChI is InChI=1S/C21H32NO2Si.3C4H9.Sn/c1-7-19(15-22-3)13-14-21(18(2)25(4,5)6)24-17-23-16-20-11-9-8-10-12-20;3*1-3-4-2;/h7-12,15,21H,2-3,13-14,16-17H2,1,4-6H3;3*1,3-4H2,2H3;/b19-7-,22-15+;;;;. The summed E-state index contributed by atoms with van der Waals surface area (Å²) in [7, 11) is -1.54. The van der Waals surface area contributed by atoms with Crippen LogP contribution in [0.4, 0.5) is 0 Å². The number of ether oxygens (including phenoxy) is 2. The first-order chi connectivity index (χ1) is 18.2. The van der Waals surface area contributed by atoms with Gasteiger partial charge in [0.25, 0.3) is 0 Å². The first-order valence-corrected chi connectivity index (χ1v) is 26.9. The number of benzene rings is 1. The summed E-state index contributed by atoms with van der Waals surface area (Å²) in [6, 6.07) is 10.3.